The van der Waals surface area contributed by atoms with Gasteiger partial charge in [-0.05, 0) is 53.0 Å². The fourth-order valence-electron chi connectivity index (χ4n) is 2.06. The Kier molecular flexibility index (Phi) is 4.63. The third-order valence-electron chi connectivity index (χ3n) is 2.99. The number of hydrogen-bond donors (Lipinski definition) is 2. The van der Waals surface area contributed by atoms with Crippen LogP contribution in [0.1, 0.15) is 28.6 Å². The quantitative estimate of drug-likeness (QED) is 0.671. The molecule has 5 heteroatoms. The van der Waals surface area contributed by atoms with Crippen molar-refractivity contribution in [3.63, 3.8) is 0 Å². The van der Waals surface area contributed by atoms with Crippen LogP contribution in [0.15, 0.2) is 35.1 Å². The molecule has 0 aliphatic rings. The second-order valence-corrected chi connectivity index (χ2v) is 5.52. The Bertz CT molecular complexity index is 554. The molecule has 0 aromatic carbocycles. The number of rotatable bonds is 4. The van der Waals surface area contributed by atoms with Crippen molar-refractivity contribution < 1.29 is 0 Å². The first-order chi connectivity index (χ1) is 9.10. The largest absolute Gasteiger partial charge is 0.271 e. The Morgan fingerprint density at radius 2 is 2.05 bits per heavy atom. The van der Waals surface area contributed by atoms with E-state index in [-0.39, 0.29) is 6.04 Å². The lowest BCUT2D eigenvalue weighted by molar-refractivity contribution is 0.529. The maximum atomic E-state index is 5.66. The topological polar surface area (TPSA) is 63.8 Å². The summed E-state index contributed by atoms with van der Waals surface area (Å²) in [5, 5.41) is 0. The maximum Gasteiger partial charge on any atom is 0.0690 e. The van der Waals surface area contributed by atoms with Crippen LogP contribution in [-0.4, -0.2) is 9.97 Å². The van der Waals surface area contributed by atoms with Crippen LogP contribution in [-0.2, 0) is 6.42 Å². The van der Waals surface area contributed by atoms with E-state index in [4.69, 9.17) is 5.84 Å². The van der Waals surface area contributed by atoms with E-state index in [0.29, 0.717) is 6.42 Å². The molecule has 1 atom stereocenters. The molecule has 2 heterocycles. The standard InChI is InChI=1S/C14H17BrN4/c1-9-5-10(2)14(18-7-9)13(19-16)6-12-4-3-11(15)8-17-12/h3-5,7-8,13,19H,6,16H2,1-2H3. The van der Waals surface area contributed by atoms with Gasteiger partial charge in [0, 0.05) is 29.0 Å². The number of hydrogen-bond acceptors (Lipinski definition) is 4. The van der Waals surface area contributed by atoms with Gasteiger partial charge in [0.2, 0.25) is 0 Å². The van der Waals surface area contributed by atoms with Gasteiger partial charge in [-0.1, -0.05) is 6.07 Å². The average molecular weight is 321 g/mol. The summed E-state index contributed by atoms with van der Waals surface area (Å²) in [5.74, 6) is 5.66. The Balaban J connectivity index is 2.22. The van der Waals surface area contributed by atoms with Gasteiger partial charge in [0.15, 0.2) is 0 Å². The van der Waals surface area contributed by atoms with Gasteiger partial charge in [0.25, 0.3) is 0 Å². The molecule has 0 saturated heterocycles. The van der Waals surface area contributed by atoms with Crippen molar-refractivity contribution in [2.75, 3.05) is 0 Å². The molecule has 1 unspecified atom stereocenters. The fourth-order valence-corrected chi connectivity index (χ4v) is 2.30. The minimum Gasteiger partial charge on any atom is -0.271 e. The number of aryl methyl sites for hydroxylation is 2. The monoisotopic (exact) mass is 320 g/mol. The molecule has 19 heavy (non-hydrogen) atoms. The van der Waals surface area contributed by atoms with E-state index in [9.17, 15) is 0 Å². The molecule has 0 radical (unpaired) electrons. The molecule has 0 saturated carbocycles. The third-order valence-corrected chi connectivity index (χ3v) is 3.46. The van der Waals surface area contributed by atoms with E-state index in [2.05, 4.69) is 44.3 Å². The summed E-state index contributed by atoms with van der Waals surface area (Å²) >= 11 is 3.38. The molecular weight excluding hydrogens is 304 g/mol. The van der Waals surface area contributed by atoms with Crippen LogP contribution in [0.5, 0.6) is 0 Å². The molecule has 0 bridgehead atoms. The SMILES string of the molecule is Cc1cnc(C(Cc2ccc(Br)cn2)NN)c(C)c1. The molecule has 0 aliphatic carbocycles. The van der Waals surface area contributed by atoms with E-state index in [1.807, 2.05) is 25.3 Å². The maximum absolute atomic E-state index is 5.66. The van der Waals surface area contributed by atoms with Gasteiger partial charge in [0.05, 0.1) is 11.7 Å². The summed E-state index contributed by atoms with van der Waals surface area (Å²) in [5.41, 5.74) is 7.07. The molecule has 100 valence electrons. The molecule has 3 N–H and O–H groups in total. The van der Waals surface area contributed by atoms with Crippen LogP contribution in [0.25, 0.3) is 0 Å². The summed E-state index contributed by atoms with van der Waals surface area (Å²) in [7, 11) is 0. The van der Waals surface area contributed by atoms with Gasteiger partial charge in [-0.2, -0.15) is 0 Å². The fraction of sp³-hybridized carbons (Fsp3) is 0.286. The zero-order chi connectivity index (χ0) is 13.8. The summed E-state index contributed by atoms with van der Waals surface area (Å²) in [4.78, 5) is 8.85. The normalized spacial score (nSPS) is 12.4. The molecule has 0 spiro atoms. The zero-order valence-corrected chi connectivity index (χ0v) is 12.6. The van der Waals surface area contributed by atoms with Crippen molar-refractivity contribution >= 4 is 15.9 Å². The minimum atomic E-state index is -0.0331. The minimum absolute atomic E-state index is 0.0331. The van der Waals surface area contributed by atoms with Crippen LogP contribution >= 0.6 is 15.9 Å². The van der Waals surface area contributed by atoms with Crippen LogP contribution in [0.3, 0.4) is 0 Å². The molecule has 2 aromatic heterocycles. The Morgan fingerprint density at radius 1 is 1.26 bits per heavy atom. The molecule has 0 aliphatic heterocycles. The lowest BCUT2D eigenvalue weighted by Gasteiger charge is -2.17. The number of nitrogens with one attached hydrogen (secondary N) is 1. The number of nitrogens with two attached hydrogens (primary N) is 1. The second kappa shape index (κ2) is 6.23. The van der Waals surface area contributed by atoms with E-state index in [0.717, 1.165) is 27.0 Å². The predicted octanol–water partition coefficient (Wildman–Crippen LogP) is 2.60. The predicted molar refractivity (Wildman–Crippen MR) is 79.4 cm³/mol. The first-order valence-corrected chi connectivity index (χ1v) is 6.89. The van der Waals surface area contributed by atoms with Crippen molar-refractivity contribution in [3.8, 4) is 0 Å². The summed E-state index contributed by atoms with van der Waals surface area (Å²) in [6.07, 6.45) is 4.36. The highest BCUT2D eigenvalue weighted by Gasteiger charge is 2.15. The first-order valence-electron chi connectivity index (χ1n) is 6.10. The Hall–Kier alpha value is -1.30. The summed E-state index contributed by atoms with van der Waals surface area (Å²) in [6.45, 7) is 4.08. The summed E-state index contributed by atoms with van der Waals surface area (Å²) in [6, 6.07) is 6.04. The third kappa shape index (κ3) is 3.59. The van der Waals surface area contributed by atoms with Crippen LogP contribution in [0.2, 0.25) is 0 Å². The van der Waals surface area contributed by atoms with E-state index in [1.54, 1.807) is 6.20 Å². The van der Waals surface area contributed by atoms with Crippen molar-refractivity contribution in [1.29, 1.82) is 0 Å². The van der Waals surface area contributed by atoms with Crippen LogP contribution in [0, 0.1) is 13.8 Å². The van der Waals surface area contributed by atoms with Crippen molar-refractivity contribution in [1.82, 2.24) is 15.4 Å². The van der Waals surface area contributed by atoms with Crippen molar-refractivity contribution in [2.24, 2.45) is 5.84 Å². The van der Waals surface area contributed by atoms with E-state index in [1.165, 1.54) is 0 Å². The number of nitrogens with zero attached hydrogens (tertiary/aromatic N) is 2. The highest BCUT2D eigenvalue weighted by molar-refractivity contribution is 9.10. The van der Waals surface area contributed by atoms with Gasteiger partial charge in [-0.3, -0.25) is 21.2 Å². The molecule has 0 amide bonds. The van der Waals surface area contributed by atoms with Gasteiger partial charge >= 0.3 is 0 Å². The summed E-state index contributed by atoms with van der Waals surface area (Å²) < 4.78 is 0.971. The zero-order valence-electron chi connectivity index (χ0n) is 11.0. The lowest BCUT2D eigenvalue weighted by Crippen LogP contribution is -2.31. The molecular formula is C14H17BrN4. The molecule has 2 aromatic rings. The van der Waals surface area contributed by atoms with E-state index < -0.39 is 0 Å². The first kappa shape index (κ1) is 14.1. The van der Waals surface area contributed by atoms with E-state index >= 15 is 0 Å². The molecule has 0 fully saturated rings. The molecule has 2 rings (SSSR count). The Morgan fingerprint density at radius 3 is 2.63 bits per heavy atom. The van der Waals surface area contributed by atoms with Gasteiger partial charge in [0.1, 0.15) is 0 Å². The number of hydrazine groups is 1. The second-order valence-electron chi connectivity index (χ2n) is 4.61. The smallest absolute Gasteiger partial charge is 0.0690 e. The van der Waals surface area contributed by atoms with Crippen LogP contribution in [0.4, 0.5) is 0 Å². The van der Waals surface area contributed by atoms with Gasteiger partial charge < -0.3 is 0 Å². The lowest BCUT2D eigenvalue weighted by atomic mass is 10.0. The average Bonchev–Trinajstić information content (AvgIpc) is 2.39. The number of pyridine rings is 2. The highest BCUT2D eigenvalue weighted by Crippen LogP contribution is 2.19. The van der Waals surface area contributed by atoms with Crippen molar-refractivity contribution in [3.05, 3.63) is 57.6 Å². The van der Waals surface area contributed by atoms with Gasteiger partial charge in [-0.15, -0.1) is 0 Å². The van der Waals surface area contributed by atoms with Crippen molar-refractivity contribution in [2.45, 2.75) is 26.3 Å². The highest BCUT2D eigenvalue weighted by atomic mass is 79.9. The number of halogens is 1. The van der Waals surface area contributed by atoms with Crippen LogP contribution < -0.4 is 11.3 Å². The molecule has 4 nitrogen and oxygen atoms in total. The Labute approximate surface area is 121 Å². The number of aromatic nitrogens is 2. The van der Waals surface area contributed by atoms with Gasteiger partial charge in [-0.25, -0.2) is 0 Å².